The molecule has 0 atom stereocenters. The summed E-state index contributed by atoms with van der Waals surface area (Å²) in [5.74, 6) is 1.84. The fraction of sp³-hybridized carbons (Fsp3) is 0. The van der Waals surface area contributed by atoms with Crippen molar-refractivity contribution in [3.8, 4) is 67.8 Å². The molecule has 0 saturated carbocycles. The van der Waals surface area contributed by atoms with Gasteiger partial charge in [-0.2, -0.15) is 0 Å². The van der Waals surface area contributed by atoms with Crippen LogP contribution in [0, 0.1) is 0 Å². The van der Waals surface area contributed by atoms with E-state index in [0.29, 0.717) is 17.5 Å². The van der Waals surface area contributed by atoms with Crippen molar-refractivity contribution in [2.75, 3.05) is 0 Å². The Kier molecular flexibility index (Phi) is 8.78. The van der Waals surface area contributed by atoms with Crippen LogP contribution < -0.4 is 0 Å². The molecule has 0 radical (unpaired) electrons. The van der Waals surface area contributed by atoms with Crippen molar-refractivity contribution in [3.63, 3.8) is 0 Å². The van der Waals surface area contributed by atoms with Gasteiger partial charge in [-0.25, -0.2) is 15.0 Å². The second-order valence-corrected chi connectivity index (χ2v) is 16.8. The van der Waals surface area contributed by atoms with Crippen LogP contribution in [0.3, 0.4) is 0 Å². The van der Waals surface area contributed by atoms with Gasteiger partial charge in [0, 0.05) is 49.5 Å². The number of hydrogen-bond acceptors (Lipinski definition) is 3. The van der Waals surface area contributed by atoms with E-state index in [1.807, 2.05) is 18.2 Å². The number of para-hydroxylation sites is 3. The Morgan fingerprint density at radius 1 is 0.258 bits per heavy atom. The predicted octanol–water partition coefficient (Wildman–Crippen LogP) is 15.6. The van der Waals surface area contributed by atoms with E-state index in [0.717, 1.165) is 66.6 Å². The molecule has 0 N–H and O–H groups in total. The fourth-order valence-corrected chi connectivity index (χ4v) is 9.81. The molecule has 0 spiro atoms. The van der Waals surface area contributed by atoms with Crippen molar-refractivity contribution in [1.82, 2.24) is 24.1 Å². The van der Waals surface area contributed by atoms with Gasteiger partial charge in [-0.15, -0.1) is 0 Å². The van der Waals surface area contributed by atoms with Crippen molar-refractivity contribution in [2.45, 2.75) is 0 Å². The average molecular weight is 842 g/mol. The highest BCUT2D eigenvalue weighted by atomic mass is 15.0. The lowest BCUT2D eigenvalue weighted by atomic mass is 9.97. The van der Waals surface area contributed by atoms with E-state index in [9.17, 15) is 0 Å². The quantitative estimate of drug-likeness (QED) is 0.161. The predicted molar refractivity (Wildman–Crippen MR) is 273 cm³/mol. The van der Waals surface area contributed by atoms with Gasteiger partial charge in [0.25, 0.3) is 0 Å². The van der Waals surface area contributed by atoms with E-state index in [1.54, 1.807) is 0 Å². The van der Waals surface area contributed by atoms with E-state index in [4.69, 9.17) is 15.0 Å². The molecule has 13 rings (SSSR count). The molecule has 10 aromatic carbocycles. The van der Waals surface area contributed by atoms with Gasteiger partial charge in [0.05, 0.1) is 27.8 Å². The van der Waals surface area contributed by atoms with Gasteiger partial charge in [-0.05, 0) is 100 Å². The number of benzene rings is 10. The Hall–Kier alpha value is -8.93. The number of hydrogen-bond donors (Lipinski definition) is 0. The van der Waals surface area contributed by atoms with Crippen LogP contribution in [-0.4, -0.2) is 24.1 Å². The Labute approximate surface area is 381 Å². The third-order valence-corrected chi connectivity index (χ3v) is 13.0. The maximum absolute atomic E-state index is 5.33. The van der Waals surface area contributed by atoms with Crippen molar-refractivity contribution < 1.29 is 0 Å². The third kappa shape index (κ3) is 6.28. The van der Waals surface area contributed by atoms with Crippen LogP contribution in [0.15, 0.2) is 237 Å². The number of fused-ring (bicyclic) bond motifs is 7. The first-order chi connectivity index (χ1) is 32.7. The molecule has 0 fully saturated rings. The molecule has 0 aliphatic rings. The molecular weight excluding hydrogens is 803 g/mol. The maximum atomic E-state index is 5.33. The maximum Gasteiger partial charge on any atom is 0.164 e. The second kappa shape index (κ2) is 15.4. The minimum Gasteiger partial charge on any atom is -0.309 e. The zero-order chi connectivity index (χ0) is 43.6. The van der Waals surface area contributed by atoms with E-state index in [2.05, 4.69) is 228 Å². The average Bonchev–Trinajstić information content (AvgIpc) is 3.90. The lowest BCUT2D eigenvalue weighted by Gasteiger charge is -2.17. The number of nitrogens with zero attached hydrogens (tertiary/aromatic N) is 5. The van der Waals surface area contributed by atoms with Crippen molar-refractivity contribution in [3.05, 3.63) is 237 Å². The largest absolute Gasteiger partial charge is 0.309 e. The summed E-state index contributed by atoms with van der Waals surface area (Å²) in [6.07, 6.45) is 0. The van der Waals surface area contributed by atoms with Crippen LogP contribution in [-0.2, 0) is 0 Å². The first kappa shape index (κ1) is 37.6. The Morgan fingerprint density at radius 2 is 0.712 bits per heavy atom. The second-order valence-electron chi connectivity index (χ2n) is 16.8. The normalized spacial score (nSPS) is 11.6. The van der Waals surface area contributed by atoms with Gasteiger partial charge in [-0.1, -0.05) is 164 Å². The highest BCUT2D eigenvalue weighted by molar-refractivity contribution is 6.14. The molecule has 0 unspecified atom stereocenters. The van der Waals surface area contributed by atoms with Crippen LogP contribution in [0.25, 0.3) is 122 Å². The minimum absolute atomic E-state index is 0.604. The summed E-state index contributed by atoms with van der Waals surface area (Å²) in [6.45, 7) is 0. The van der Waals surface area contributed by atoms with Crippen LogP contribution in [0.4, 0.5) is 0 Å². The summed E-state index contributed by atoms with van der Waals surface area (Å²) in [5.41, 5.74) is 14.0. The number of rotatable bonds is 7. The van der Waals surface area contributed by atoms with Gasteiger partial charge >= 0.3 is 0 Å². The molecule has 5 nitrogen and oxygen atoms in total. The van der Waals surface area contributed by atoms with E-state index < -0.39 is 0 Å². The first-order valence-corrected chi connectivity index (χ1v) is 22.3. The van der Waals surface area contributed by atoms with E-state index in [1.165, 1.54) is 38.1 Å². The van der Waals surface area contributed by atoms with Crippen molar-refractivity contribution >= 4 is 54.4 Å². The van der Waals surface area contributed by atoms with Crippen LogP contribution >= 0.6 is 0 Å². The molecule has 66 heavy (non-hydrogen) atoms. The molecule has 3 heterocycles. The summed E-state index contributed by atoms with van der Waals surface area (Å²) in [4.78, 5) is 15.8. The summed E-state index contributed by atoms with van der Waals surface area (Å²) < 4.78 is 4.76. The van der Waals surface area contributed by atoms with Crippen LogP contribution in [0.2, 0.25) is 0 Å². The third-order valence-electron chi connectivity index (χ3n) is 13.0. The monoisotopic (exact) mass is 841 g/mol. The molecule has 5 heteroatoms. The SMILES string of the molecule is c1ccc(-c2ccc(-c3cc(-c4nc(-c5ccccc5)nc(-c5ccc6c(c5)c5ccccc5n6-c5ccccc5)n4)ccc3-n3c4ccccc4c4cc5ccccc5cc43)cc2)cc1. The zero-order valence-electron chi connectivity index (χ0n) is 35.8. The first-order valence-electron chi connectivity index (χ1n) is 22.3. The van der Waals surface area contributed by atoms with Gasteiger partial charge in [0.1, 0.15) is 0 Å². The Balaban J connectivity index is 1.03. The number of aromatic nitrogens is 5. The highest BCUT2D eigenvalue weighted by Crippen LogP contribution is 2.41. The Bertz CT molecular complexity index is 3960. The molecule has 0 bridgehead atoms. The molecule has 0 amide bonds. The van der Waals surface area contributed by atoms with Crippen molar-refractivity contribution in [2.24, 2.45) is 0 Å². The van der Waals surface area contributed by atoms with Crippen LogP contribution in [0.1, 0.15) is 0 Å². The molecule has 13 aromatic rings. The van der Waals surface area contributed by atoms with Gasteiger partial charge in [-0.3, -0.25) is 0 Å². The van der Waals surface area contributed by atoms with Gasteiger partial charge < -0.3 is 9.13 Å². The summed E-state index contributed by atoms with van der Waals surface area (Å²) in [5, 5.41) is 7.17. The van der Waals surface area contributed by atoms with E-state index in [-0.39, 0.29) is 0 Å². The molecule has 308 valence electrons. The molecule has 0 aliphatic heterocycles. The topological polar surface area (TPSA) is 48.5 Å². The van der Waals surface area contributed by atoms with Crippen molar-refractivity contribution in [1.29, 1.82) is 0 Å². The zero-order valence-corrected chi connectivity index (χ0v) is 35.8. The standard InChI is InChI=1S/C61H39N5/c1-4-16-40(17-5-1)41-28-30-42(31-29-41)51-37-46(32-34-56(51)66-55-27-15-13-25-50(55)53-36-44-20-10-11-21-45(44)39-58(53)66)60-62-59(43-18-6-2-7-19-43)63-61(64-60)47-33-35-57-52(38-47)49-24-12-14-26-54(49)65(57)48-22-8-3-9-23-48/h1-39H. The van der Waals surface area contributed by atoms with Gasteiger partial charge in [0.15, 0.2) is 17.5 Å². The lowest BCUT2D eigenvalue weighted by Crippen LogP contribution is -2.02. The highest BCUT2D eigenvalue weighted by Gasteiger charge is 2.21. The molecule has 0 aliphatic carbocycles. The molecule has 0 saturated heterocycles. The molecule has 3 aromatic heterocycles. The lowest BCUT2D eigenvalue weighted by molar-refractivity contribution is 1.07. The summed E-state index contributed by atoms with van der Waals surface area (Å²) in [6, 6.07) is 84.1. The Morgan fingerprint density at radius 3 is 1.39 bits per heavy atom. The molecular formula is C61H39N5. The van der Waals surface area contributed by atoms with Gasteiger partial charge in [0.2, 0.25) is 0 Å². The smallest absolute Gasteiger partial charge is 0.164 e. The van der Waals surface area contributed by atoms with E-state index >= 15 is 0 Å². The summed E-state index contributed by atoms with van der Waals surface area (Å²) >= 11 is 0. The summed E-state index contributed by atoms with van der Waals surface area (Å²) in [7, 11) is 0. The van der Waals surface area contributed by atoms with Crippen LogP contribution in [0.5, 0.6) is 0 Å². The fourth-order valence-electron chi connectivity index (χ4n) is 9.81. The minimum atomic E-state index is 0.604.